The summed E-state index contributed by atoms with van der Waals surface area (Å²) in [5.41, 5.74) is 0.153. The first-order valence-corrected chi connectivity index (χ1v) is 11.6. The molecule has 184 valence electrons. The quantitative estimate of drug-likeness (QED) is 0.480. The Morgan fingerprint density at radius 1 is 0.606 bits per heavy atom. The molecule has 0 aromatic heterocycles. The minimum Gasteiger partial charge on any atom is -0.490 e. The van der Waals surface area contributed by atoms with Crippen molar-refractivity contribution in [1.82, 2.24) is 0 Å². The fourth-order valence-corrected chi connectivity index (χ4v) is 3.26. The molecule has 2 rings (SSSR count). The molecule has 33 heavy (non-hydrogen) atoms. The second-order valence-electron chi connectivity index (χ2n) is 11.6. The zero-order chi connectivity index (χ0) is 25.2. The first-order valence-electron chi connectivity index (χ1n) is 11.6. The second kappa shape index (κ2) is 9.84. The van der Waals surface area contributed by atoms with Crippen molar-refractivity contribution in [2.45, 2.75) is 105 Å². The highest BCUT2D eigenvalue weighted by Gasteiger charge is 2.25. The van der Waals surface area contributed by atoms with Gasteiger partial charge in [0.1, 0.15) is 45.9 Å². The fraction of sp³-hybridized carbons (Fsp3) is 0.571. The van der Waals surface area contributed by atoms with Crippen molar-refractivity contribution >= 4 is 0 Å². The van der Waals surface area contributed by atoms with Gasteiger partial charge in [-0.15, -0.1) is 0 Å². The smallest absolute Gasteiger partial charge is 0.129 e. The van der Waals surface area contributed by atoms with Crippen LogP contribution in [0.1, 0.15) is 93.4 Å². The molecule has 0 amide bonds. The van der Waals surface area contributed by atoms with Crippen LogP contribution in [0.4, 0.5) is 0 Å². The van der Waals surface area contributed by atoms with E-state index in [1.54, 1.807) is 0 Å². The maximum Gasteiger partial charge on any atom is 0.129 e. The van der Waals surface area contributed by atoms with Gasteiger partial charge in [-0.25, -0.2) is 0 Å². The van der Waals surface area contributed by atoms with Gasteiger partial charge in [0.15, 0.2) is 0 Å². The SMILES string of the molecule is CC(C)Oc1cc(OC(C)(C)C)ccc1C(O)c1ccc(OC(C)(C)C)cc1OC(C)(C)C. The number of ether oxygens (including phenoxy) is 4. The summed E-state index contributed by atoms with van der Waals surface area (Å²) in [4.78, 5) is 0. The van der Waals surface area contributed by atoms with Gasteiger partial charge in [0.05, 0.1) is 6.10 Å². The Labute approximate surface area is 200 Å². The van der Waals surface area contributed by atoms with E-state index in [2.05, 4.69) is 0 Å². The van der Waals surface area contributed by atoms with Crippen LogP contribution in [-0.2, 0) is 0 Å². The van der Waals surface area contributed by atoms with Crippen LogP contribution in [0.25, 0.3) is 0 Å². The van der Waals surface area contributed by atoms with Crippen molar-refractivity contribution < 1.29 is 24.1 Å². The predicted octanol–water partition coefficient (Wildman–Crippen LogP) is 7.09. The van der Waals surface area contributed by atoms with E-state index < -0.39 is 11.7 Å². The normalized spacial score (nSPS) is 13.6. The lowest BCUT2D eigenvalue weighted by Gasteiger charge is -2.28. The van der Waals surface area contributed by atoms with Gasteiger partial charge in [-0.05, 0) is 100 Å². The van der Waals surface area contributed by atoms with Crippen molar-refractivity contribution in [3.63, 3.8) is 0 Å². The summed E-state index contributed by atoms with van der Waals surface area (Å²) >= 11 is 0. The lowest BCUT2D eigenvalue weighted by molar-refractivity contribution is 0.115. The summed E-state index contributed by atoms with van der Waals surface area (Å²) in [6.07, 6.45) is -1.02. The molecule has 1 N–H and O–H groups in total. The molecule has 0 saturated carbocycles. The molecule has 0 aliphatic rings. The molecule has 0 heterocycles. The van der Waals surface area contributed by atoms with E-state index in [1.165, 1.54) is 0 Å². The van der Waals surface area contributed by atoms with Gasteiger partial charge in [0.25, 0.3) is 0 Å². The third kappa shape index (κ3) is 8.81. The van der Waals surface area contributed by atoms with Crippen LogP contribution in [0, 0.1) is 0 Å². The molecular formula is C28H42O5. The Morgan fingerprint density at radius 3 is 1.39 bits per heavy atom. The third-order valence-electron chi connectivity index (χ3n) is 4.19. The van der Waals surface area contributed by atoms with E-state index in [9.17, 15) is 5.11 Å². The molecule has 0 bridgehead atoms. The minimum absolute atomic E-state index is 0.0614. The van der Waals surface area contributed by atoms with E-state index in [0.717, 1.165) is 0 Å². The summed E-state index contributed by atoms with van der Waals surface area (Å²) in [6, 6.07) is 11.1. The van der Waals surface area contributed by atoms with Crippen molar-refractivity contribution in [2.24, 2.45) is 0 Å². The molecule has 0 fully saturated rings. The van der Waals surface area contributed by atoms with Crippen LogP contribution >= 0.6 is 0 Å². The summed E-state index contributed by atoms with van der Waals surface area (Å²) in [5, 5.41) is 11.5. The lowest BCUT2D eigenvalue weighted by Crippen LogP contribution is -2.25. The van der Waals surface area contributed by atoms with Crippen LogP contribution in [0.3, 0.4) is 0 Å². The molecule has 5 nitrogen and oxygen atoms in total. The number of benzene rings is 2. The van der Waals surface area contributed by atoms with Crippen molar-refractivity contribution in [1.29, 1.82) is 0 Å². The summed E-state index contributed by atoms with van der Waals surface area (Å²) in [5.74, 6) is 2.53. The zero-order valence-corrected chi connectivity index (χ0v) is 22.2. The lowest BCUT2D eigenvalue weighted by atomic mass is 9.98. The number of hydrogen-bond acceptors (Lipinski definition) is 5. The first-order chi connectivity index (χ1) is 14.9. The van der Waals surface area contributed by atoms with Crippen molar-refractivity contribution in [3.8, 4) is 23.0 Å². The first kappa shape index (κ1) is 26.8. The molecule has 0 saturated heterocycles. The molecule has 0 radical (unpaired) electrons. The standard InChI is InChI=1S/C28H42O5/c1-18(2)30-23-16-19(31-26(3,4)5)12-14-21(23)25(29)22-15-13-20(32-27(6,7)8)17-24(22)33-28(9,10)11/h12-18,25,29H,1-11H3. The molecule has 2 aromatic rings. The van der Waals surface area contributed by atoms with E-state index in [-0.39, 0.29) is 17.3 Å². The molecule has 1 atom stereocenters. The van der Waals surface area contributed by atoms with Gasteiger partial charge in [0, 0.05) is 23.3 Å². The number of hydrogen-bond donors (Lipinski definition) is 1. The number of aliphatic hydroxyl groups is 1. The predicted molar refractivity (Wildman–Crippen MR) is 134 cm³/mol. The Hall–Kier alpha value is -2.40. The van der Waals surface area contributed by atoms with E-state index in [1.807, 2.05) is 113 Å². The molecule has 1 unspecified atom stereocenters. The van der Waals surface area contributed by atoms with Crippen LogP contribution < -0.4 is 18.9 Å². The number of aliphatic hydroxyl groups excluding tert-OH is 1. The highest BCUT2D eigenvalue weighted by atomic mass is 16.5. The Balaban J connectivity index is 2.54. The van der Waals surface area contributed by atoms with Gasteiger partial charge in [0.2, 0.25) is 0 Å². The largest absolute Gasteiger partial charge is 0.490 e. The van der Waals surface area contributed by atoms with Crippen molar-refractivity contribution in [3.05, 3.63) is 47.5 Å². The average Bonchev–Trinajstić information content (AvgIpc) is 2.57. The summed E-state index contributed by atoms with van der Waals surface area (Å²) in [6.45, 7) is 21.8. The molecule has 0 aliphatic heterocycles. The highest BCUT2D eigenvalue weighted by Crippen LogP contribution is 2.40. The average molecular weight is 459 g/mol. The van der Waals surface area contributed by atoms with Crippen LogP contribution in [0.5, 0.6) is 23.0 Å². The maximum absolute atomic E-state index is 11.5. The van der Waals surface area contributed by atoms with Gasteiger partial charge in [-0.1, -0.05) is 0 Å². The minimum atomic E-state index is -0.955. The summed E-state index contributed by atoms with van der Waals surface area (Å²) in [7, 11) is 0. The van der Waals surface area contributed by atoms with E-state index >= 15 is 0 Å². The van der Waals surface area contributed by atoms with Crippen LogP contribution in [0.2, 0.25) is 0 Å². The number of rotatable bonds is 7. The van der Waals surface area contributed by atoms with Crippen LogP contribution in [0.15, 0.2) is 36.4 Å². The molecule has 2 aromatic carbocycles. The van der Waals surface area contributed by atoms with Gasteiger partial charge in [-0.3, -0.25) is 0 Å². The Bertz CT molecular complexity index is 927. The van der Waals surface area contributed by atoms with Crippen molar-refractivity contribution in [2.75, 3.05) is 0 Å². The Kier molecular flexibility index (Phi) is 8.01. The fourth-order valence-electron chi connectivity index (χ4n) is 3.26. The third-order valence-corrected chi connectivity index (χ3v) is 4.19. The molecule has 0 spiro atoms. The van der Waals surface area contributed by atoms with Gasteiger partial charge in [-0.2, -0.15) is 0 Å². The zero-order valence-electron chi connectivity index (χ0n) is 22.2. The molecular weight excluding hydrogens is 416 g/mol. The highest BCUT2D eigenvalue weighted by molar-refractivity contribution is 5.50. The summed E-state index contributed by atoms with van der Waals surface area (Å²) < 4.78 is 24.3. The Morgan fingerprint density at radius 2 is 1.00 bits per heavy atom. The topological polar surface area (TPSA) is 57.2 Å². The maximum atomic E-state index is 11.5. The second-order valence-corrected chi connectivity index (χ2v) is 11.6. The molecule has 5 heteroatoms. The molecule has 0 aliphatic carbocycles. The monoisotopic (exact) mass is 458 g/mol. The van der Waals surface area contributed by atoms with E-state index in [0.29, 0.717) is 34.1 Å². The van der Waals surface area contributed by atoms with Crippen LogP contribution in [-0.4, -0.2) is 28.0 Å². The van der Waals surface area contributed by atoms with Gasteiger partial charge >= 0.3 is 0 Å². The van der Waals surface area contributed by atoms with Gasteiger partial charge < -0.3 is 24.1 Å². The van der Waals surface area contributed by atoms with E-state index in [4.69, 9.17) is 18.9 Å².